The highest BCUT2D eigenvalue weighted by molar-refractivity contribution is 5.94. The summed E-state index contributed by atoms with van der Waals surface area (Å²) in [5, 5.41) is 7.36. The van der Waals surface area contributed by atoms with Gasteiger partial charge >= 0.3 is 0 Å². The molecule has 1 aromatic heterocycles. The molecule has 0 bridgehead atoms. The molecule has 3 rings (SSSR count). The van der Waals surface area contributed by atoms with Crippen molar-refractivity contribution >= 4 is 11.6 Å². The van der Waals surface area contributed by atoms with Crippen molar-refractivity contribution in [2.24, 2.45) is 18.7 Å². The number of benzene rings is 1. The Balaban J connectivity index is 1.75. The van der Waals surface area contributed by atoms with Crippen molar-refractivity contribution < 1.29 is 4.79 Å². The molecule has 1 amide bonds. The Morgan fingerprint density at radius 2 is 2.10 bits per heavy atom. The van der Waals surface area contributed by atoms with Gasteiger partial charge in [-0.05, 0) is 31.0 Å². The number of nitrogens with two attached hydrogens (primary N) is 1. The second-order valence-corrected chi connectivity index (χ2v) is 5.19. The van der Waals surface area contributed by atoms with Crippen LogP contribution < -0.4 is 11.1 Å². The zero-order valence-corrected chi connectivity index (χ0v) is 11.5. The van der Waals surface area contributed by atoms with Crippen LogP contribution in [0.4, 0.5) is 5.69 Å². The van der Waals surface area contributed by atoms with E-state index < -0.39 is 0 Å². The maximum Gasteiger partial charge on any atom is 0.227 e. The largest absolute Gasteiger partial charge is 0.326 e. The van der Waals surface area contributed by atoms with Crippen LogP contribution >= 0.6 is 0 Å². The second kappa shape index (κ2) is 5.09. The molecule has 5 heteroatoms. The fourth-order valence-electron chi connectivity index (χ4n) is 2.15. The van der Waals surface area contributed by atoms with Crippen LogP contribution in [0.2, 0.25) is 0 Å². The van der Waals surface area contributed by atoms with Crippen molar-refractivity contribution in [1.82, 2.24) is 9.78 Å². The van der Waals surface area contributed by atoms with Crippen LogP contribution in [0.25, 0.3) is 11.3 Å². The summed E-state index contributed by atoms with van der Waals surface area (Å²) in [5.74, 6) is 0.346. The van der Waals surface area contributed by atoms with E-state index in [1.807, 2.05) is 37.4 Å². The van der Waals surface area contributed by atoms with Crippen LogP contribution in [0.5, 0.6) is 0 Å². The molecule has 1 aliphatic rings. The maximum atomic E-state index is 11.7. The minimum Gasteiger partial charge on any atom is -0.326 e. The van der Waals surface area contributed by atoms with E-state index in [2.05, 4.69) is 10.4 Å². The quantitative estimate of drug-likeness (QED) is 0.891. The number of carbonyl (C=O) groups excluding carboxylic acids is 1. The van der Waals surface area contributed by atoms with Crippen LogP contribution in [-0.2, 0) is 18.4 Å². The van der Waals surface area contributed by atoms with Gasteiger partial charge < -0.3 is 11.1 Å². The number of hydrogen-bond donors (Lipinski definition) is 2. The van der Waals surface area contributed by atoms with Gasteiger partial charge in [-0.2, -0.15) is 5.10 Å². The van der Waals surface area contributed by atoms with Crippen molar-refractivity contribution in [3.63, 3.8) is 0 Å². The predicted octanol–water partition coefficient (Wildman–Crippen LogP) is 1.89. The van der Waals surface area contributed by atoms with E-state index in [1.54, 1.807) is 4.68 Å². The summed E-state index contributed by atoms with van der Waals surface area (Å²) in [7, 11) is 1.88. The molecule has 104 valence electrons. The Hall–Kier alpha value is -2.14. The van der Waals surface area contributed by atoms with E-state index in [0.717, 1.165) is 35.5 Å². The van der Waals surface area contributed by atoms with E-state index >= 15 is 0 Å². The molecule has 0 unspecified atom stereocenters. The molecule has 1 saturated carbocycles. The number of aryl methyl sites for hydroxylation is 1. The van der Waals surface area contributed by atoms with Crippen LogP contribution in [0.1, 0.15) is 18.5 Å². The summed E-state index contributed by atoms with van der Waals surface area (Å²) >= 11 is 0. The fraction of sp³-hybridized carbons (Fsp3) is 0.333. The zero-order chi connectivity index (χ0) is 14.1. The standard InChI is InChI=1S/C15H18N4O/c1-19-13(9-16)8-14(18-19)10-4-6-12(7-5-10)17-15(20)11-2-3-11/h4-8,11H,2-3,9,16H2,1H3,(H,17,20). The summed E-state index contributed by atoms with van der Waals surface area (Å²) in [5.41, 5.74) is 9.39. The lowest BCUT2D eigenvalue weighted by atomic mass is 10.1. The molecule has 0 saturated heterocycles. The molecule has 1 aromatic carbocycles. The Labute approximate surface area is 117 Å². The molecule has 0 atom stereocenters. The lowest BCUT2D eigenvalue weighted by Gasteiger charge is -2.04. The molecule has 1 fully saturated rings. The molecule has 0 aliphatic heterocycles. The second-order valence-electron chi connectivity index (χ2n) is 5.19. The summed E-state index contributed by atoms with van der Waals surface area (Å²) in [6.45, 7) is 0.471. The van der Waals surface area contributed by atoms with E-state index in [0.29, 0.717) is 6.54 Å². The van der Waals surface area contributed by atoms with Gasteiger partial charge in [0.05, 0.1) is 11.4 Å². The van der Waals surface area contributed by atoms with E-state index in [-0.39, 0.29) is 11.8 Å². The average molecular weight is 270 g/mol. The maximum absolute atomic E-state index is 11.7. The lowest BCUT2D eigenvalue weighted by Crippen LogP contribution is -2.12. The first kappa shape index (κ1) is 12.9. The number of nitrogens with zero attached hydrogens (tertiary/aromatic N) is 2. The van der Waals surface area contributed by atoms with Gasteiger partial charge in [0, 0.05) is 30.8 Å². The minimum atomic E-state index is 0.126. The third kappa shape index (κ3) is 2.58. The predicted molar refractivity (Wildman–Crippen MR) is 77.9 cm³/mol. The van der Waals surface area contributed by atoms with Crippen LogP contribution in [0, 0.1) is 5.92 Å². The zero-order valence-electron chi connectivity index (χ0n) is 11.5. The molecule has 0 radical (unpaired) electrons. The van der Waals surface area contributed by atoms with Crippen molar-refractivity contribution in [2.45, 2.75) is 19.4 Å². The van der Waals surface area contributed by atoms with Gasteiger partial charge in [0.2, 0.25) is 5.91 Å². The summed E-state index contributed by atoms with van der Waals surface area (Å²) in [6, 6.07) is 9.73. The van der Waals surface area contributed by atoms with Crippen molar-refractivity contribution in [3.8, 4) is 11.3 Å². The third-order valence-corrected chi connectivity index (χ3v) is 3.58. The summed E-state index contributed by atoms with van der Waals surface area (Å²) in [4.78, 5) is 11.7. The van der Waals surface area contributed by atoms with Gasteiger partial charge in [-0.15, -0.1) is 0 Å². The van der Waals surface area contributed by atoms with Gasteiger partial charge in [0.25, 0.3) is 0 Å². The van der Waals surface area contributed by atoms with Crippen LogP contribution in [0.15, 0.2) is 30.3 Å². The highest BCUT2D eigenvalue weighted by Gasteiger charge is 2.29. The highest BCUT2D eigenvalue weighted by atomic mass is 16.2. The minimum absolute atomic E-state index is 0.126. The number of amides is 1. The van der Waals surface area contributed by atoms with Gasteiger partial charge in [0.1, 0.15) is 0 Å². The first-order chi connectivity index (χ1) is 9.67. The molecule has 0 spiro atoms. The SMILES string of the molecule is Cn1nc(-c2ccc(NC(=O)C3CC3)cc2)cc1CN. The molecule has 1 aliphatic carbocycles. The summed E-state index contributed by atoms with van der Waals surface area (Å²) < 4.78 is 1.79. The van der Waals surface area contributed by atoms with E-state index in [1.165, 1.54) is 0 Å². The van der Waals surface area contributed by atoms with Gasteiger partial charge in [0.15, 0.2) is 0 Å². The van der Waals surface area contributed by atoms with Crippen LogP contribution in [0.3, 0.4) is 0 Å². The molecule has 5 nitrogen and oxygen atoms in total. The fourth-order valence-corrected chi connectivity index (χ4v) is 2.15. The molecule has 1 heterocycles. The molecule has 20 heavy (non-hydrogen) atoms. The molecular formula is C15H18N4O. The summed E-state index contributed by atoms with van der Waals surface area (Å²) in [6.07, 6.45) is 2.03. The number of anilines is 1. The monoisotopic (exact) mass is 270 g/mol. The number of rotatable bonds is 4. The van der Waals surface area contributed by atoms with Crippen molar-refractivity contribution in [1.29, 1.82) is 0 Å². The van der Waals surface area contributed by atoms with E-state index in [9.17, 15) is 4.79 Å². The molecule has 2 aromatic rings. The normalized spacial score (nSPS) is 14.3. The third-order valence-electron chi connectivity index (χ3n) is 3.58. The smallest absolute Gasteiger partial charge is 0.227 e. The van der Waals surface area contributed by atoms with E-state index in [4.69, 9.17) is 5.73 Å². The molecular weight excluding hydrogens is 252 g/mol. The van der Waals surface area contributed by atoms with Crippen molar-refractivity contribution in [2.75, 3.05) is 5.32 Å². The number of carbonyl (C=O) groups is 1. The molecule has 3 N–H and O–H groups in total. The lowest BCUT2D eigenvalue weighted by molar-refractivity contribution is -0.117. The Bertz CT molecular complexity index is 626. The van der Waals surface area contributed by atoms with Gasteiger partial charge in [-0.1, -0.05) is 12.1 Å². The highest BCUT2D eigenvalue weighted by Crippen LogP contribution is 2.30. The van der Waals surface area contributed by atoms with Crippen molar-refractivity contribution in [3.05, 3.63) is 36.0 Å². The number of nitrogens with one attached hydrogen (secondary N) is 1. The number of hydrogen-bond acceptors (Lipinski definition) is 3. The number of aromatic nitrogens is 2. The van der Waals surface area contributed by atoms with Crippen LogP contribution in [-0.4, -0.2) is 15.7 Å². The first-order valence-electron chi connectivity index (χ1n) is 6.81. The average Bonchev–Trinajstić information content (AvgIpc) is 3.23. The Kier molecular flexibility index (Phi) is 3.28. The Morgan fingerprint density at radius 1 is 1.40 bits per heavy atom. The Morgan fingerprint density at radius 3 is 2.65 bits per heavy atom. The first-order valence-corrected chi connectivity index (χ1v) is 6.81. The van der Waals surface area contributed by atoms with Gasteiger partial charge in [-0.25, -0.2) is 0 Å². The van der Waals surface area contributed by atoms with Gasteiger partial charge in [-0.3, -0.25) is 9.48 Å². The topological polar surface area (TPSA) is 72.9 Å².